The summed E-state index contributed by atoms with van der Waals surface area (Å²) in [6.07, 6.45) is -0.0115. The summed E-state index contributed by atoms with van der Waals surface area (Å²) >= 11 is 1.09. The van der Waals surface area contributed by atoms with E-state index in [9.17, 15) is 4.57 Å². The smallest absolute Gasteiger partial charge is 0.376 e. The first-order valence-corrected chi connectivity index (χ1v) is 11.1. The average Bonchev–Trinajstić information content (AvgIpc) is 2.75. The third-order valence-electron chi connectivity index (χ3n) is 3.04. The summed E-state index contributed by atoms with van der Waals surface area (Å²) in [7, 11) is 0. The van der Waals surface area contributed by atoms with E-state index in [1.807, 2.05) is 34.6 Å². The molecule has 0 saturated carbocycles. The quantitative estimate of drug-likeness (QED) is 0.329. The summed E-state index contributed by atoms with van der Waals surface area (Å²) < 4.78 is 35.8. The van der Waals surface area contributed by atoms with Gasteiger partial charge in [0.15, 0.2) is 0 Å². The second kappa shape index (κ2) is 10.0. The highest BCUT2D eigenvalue weighted by Gasteiger charge is 2.40. The fourth-order valence-electron chi connectivity index (χ4n) is 2.17. The Hall–Kier alpha value is -0.0900. The van der Waals surface area contributed by atoms with Crippen LogP contribution in [0.1, 0.15) is 41.0 Å². The highest BCUT2D eigenvalue weighted by Crippen LogP contribution is 2.63. The number of rotatable bonds is 10. The molecule has 1 heterocycles. The molecule has 1 aliphatic heterocycles. The monoisotopic (exact) mass is 365 g/mol. The zero-order valence-corrected chi connectivity index (χ0v) is 16.3. The molecule has 0 aromatic rings. The van der Waals surface area contributed by atoms with Crippen LogP contribution in [0.5, 0.6) is 0 Å². The van der Waals surface area contributed by atoms with Gasteiger partial charge in [-0.3, -0.25) is 9.05 Å². The van der Waals surface area contributed by atoms with E-state index in [0.717, 1.165) is 11.4 Å². The normalized spacial score (nSPS) is 27.3. The molecule has 23 heavy (non-hydrogen) atoms. The Bertz CT molecular complexity index is 440. The Labute approximate surface area is 143 Å². The minimum atomic E-state index is -3.33. The lowest BCUT2D eigenvalue weighted by molar-refractivity contribution is -0.0522. The first-order chi connectivity index (χ1) is 10.8. The van der Waals surface area contributed by atoms with Crippen molar-refractivity contribution < 1.29 is 23.1 Å². The van der Waals surface area contributed by atoms with E-state index in [4.69, 9.17) is 25.1 Å². The molecular formula is C15H28NO5PS. The van der Waals surface area contributed by atoms with E-state index in [-0.39, 0.29) is 37.1 Å². The van der Waals surface area contributed by atoms with E-state index in [1.165, 1.54) is 0 Å². The van der Waals surface area contributed by atoms with Crippen molar-refractivity contribution in [3.8, 4) is 0 Å². The molecule has 4 atom stereocenters. The largest absolute Gasteiger partial charge is 0.389 e. The second-order valence-corrected chi connectivity index (χ2v) is 10.2. The van der Waals surface area contributed by atoms with Crippen molar-refractivity contribution in [3.63, 3.8) is 0 Å². The first kappa shape index (κ1) is 21.0. The van der Waals surface area contributed by atoms with Crippen molar-refractivity contribution in [3.05, 3.63) is 11.4 Å². The number of ether oxygens (including phenoxy) is 2. The van der Waals surface area contributed by atoms with Crippen LogP contribution in [0.2, 0.25) is 0 Å². The van der Waals surface area contributed by atoms with Crippen molar-refractivity contribution in [1.29, 1.82) is 0 Å². The molecule has 0 spiro atoms. The third-order valence-corrected chi connectivity index (χ3v) is 6.94. The maximum absolute atomic E-state index is 13.0. The molecule has 0 bridgehead atoms. The maximum Gasteiger partial charge on any atom is 0.389 e. The lowest BCUT2D eigenvalue weighted by Crippen LogP contribution is -2.30. The zero-order valence-electron chi connectivity index (χ0n) is 14.6. The highest BCUT2D eigenvalue weighted by molar-refractivity contribution is 8.55. The van der Waals surface area contributed by atoms with Gasteiger partial charge in [0.25, 0.3) is 0 Å². The molecule has 0 amide bonds. The van der Waals surface area contributed by atoms with Gasteiger partial charge in [-0.25, -0.2) is 11.1 Å². The average molecular weight is 365 g/mol. The van der Waals surface area contributed by atoms with Crippen LogP contribution in [0.4, 0.5) is 0 Å². The summed E-state index contributed by atoms with van der Waals surface area (Å²) in [5.74, 6) is 0.420. The summed E-state index contributed by atoms with van der Waals surface area (Å²) in [5, 5.41) is 0. The van der Waals surface area contributed by atoms with Gasteiger partial charge in [-0.05, 0) is 46.0 Å². The van der Waals surface area contributed by atoms with Crippen LogP contribution >= 0.6 is 18.2 Å². The number of hydrogen-bond acceptors (Lipinski definition) is 6. The van der Waals surface area contributed by atoms with E-state index >= 15 is 0 Å². The maximum atomic E-state index is 13.0. The topological polar surface area (TPSA) is 58.4 Å². The van der Waals surface area contributed by atoms with Crippen molar-refractivity contribution in [1.82, 2.24) is 0 Å². The Kier molecular flexibility index (Phi) is 9.13. The van der Waals surface area contributed by atoms with Gasteiger partial charge in [-0.1, -0.05) is 0 Å². The zero-order chi connectivity index (χ0) is 17.5. The Morgan fingerprint density at radius 2 is 2.04 bits per heavy atom. The molecule has 8 heteroatoms. The van der Waals surface area contributed by atoms with Crippen molar-refractivity contribution in [2.75, 3.05) is 18.9 Å². The van der Waals surface area contributed by atoms with Crippen molar-refractivity contribution >= 4 is 18.2 Å². The van der Waals surface area contributed by atoms with Gasteiger partial charge in [0.1, 0.15) is 6.10 Å². The minimum Gasteiger partial charge on any atom is -0.376 e. The molecule has 0 radical (unpaired) electrons. The molecule has 1 saturated heterocycles. The van der Waals surface area contributed by atoms with E-state index < -0.39 is 6.80 Å². The molecule has 134 valence electrons. The van der Waals surface area contributed by atoms with Gasteiger partial charge < -0.3 is 14.3 Å². The minimum absolute atomic E-state index is 0.0292. The summed E-state index contributed by atoms with van der Waals surface area (Å²) in [6, 6.07) is 0. The molecule has 2 unspecified atom stereocenters. The third kappa shape index (κ3) is 8.02. The number of nitrogens with zero attached hydrogens (tertiary/aromatic N) is 1. The lowest BCUT2D eigenvalue weighted by atomic mass is 10.1. The highest BCUT2D eigenvalue weighted by atomic mass is 32.7. The first-order valence-electron chi connectivity index (χ1n) is 7.97. The van der Waals surface area contributed by atoms with Crippen LogP contribution in [0.15, 0.2) is 0 Å². The Morgan fingerprint density at radius 3 is 2.61 bits per heavy atom. The Balaban J connectivity index is 2.71. The second-order valence-electron chi connectivity index (χ2n) is 6.06. The lowest BCUT2D eigenvalue weighted by Gasteiger charge is -2.25. The summed E-state index contributed by atoms with van der Waals surface area (Å²) in [6.45, 7) is 13.7. The molecule has 0 aromatic heterocycles. The molecule has 1 aliphatic rings. The predicted molar refractivity (Wildman–Crippen MR) is 92.7 cm³/mol. The summed E-state index contributed by atoms with van der Waals surface area (Å²) in [5.41, 5.74) is 0. The van der Waals surface area contributed by atoms with E-state index in [1.54, 1.807) is 0 Å². The van der Waals surface area contributed by atoms with Crippen LogP contribution in [0, 0.1) is 6.57 Å². The van der Waals surface area contributed by atoms with Crippen LogP contribution < -0.4 is 0 Å². The predicted octanol–water partition coefficient (Wildman–Crippen LogP) is 4.16. The van der Waals surface area contributed by atoms with Gasteiger partial charge in [0.2, 0.25) is 6.54 Å². The van der Waals surface area contributed by atoms with Crippen LogP contribution in [0.3, 0.4) is 0 Å². The molecule has 1 rings (SSSR count). The summed E-state index contributed by atoms with van der Waals surface area (Å²) in [4.78, 5) is 3.28. The van der Waals surface area contributed by atoms with Gasteiger partial charge in [-0.15, -0.1) is 0 Å². The molecule has 6 nitrogen and oxygen atoms in total. The molecular weight excluding hydrogens is 337 g/mol. The molecule has 0 aliphatic carbocycles. The fourth-order valence-corrected chi connectivity index (χ4v) is 5.94. The van der Waals surface area contributed by atoms with Crippen LogP contribution in [-0.2, 0) is 23.1 Å². The van der Waals surface area contributed by atoms with Gasteiger partial charge in [0, 0.05) is 6.42 Å². The SMILES string of the molecule is [C-]#[N+]CCSP(=O)(OC(C)C)OC1C[C@H](C)O[C@@H]1COC(C)C. The van der Waals surface area contributed by atoms with Crippen LogP contribution in [0.25, 0.3) is 4.85 Å². The van der Waals surface area contributed by atoms with Crippen molar-refractivity contribution in [2.45, 2.75) is 71.6 Å². The van der Waals surface area contributed by atoms with Crippen molar-refractivity contribution in [2.24, 2.45) is 0 Å². The molecule has 0 N–H and O–H groups in total. The van der Waals surface area contributed by atoms with Gasteiger partial charge in [0.05, 0.1) is 36.8 Å². The molecule has 0 aromatic carbocycles. The van der Waals surface area contributed by atoms with E-state index in [0.29, 0.717) is 18.8 Å². The molecule has 1 fully saturated rings. The van der Waals surface area contributed by atoms with E-state index in [2.05, 4.69) is 4.85 Å². The van der Waals surface area contributed by atoms with Gasteiger partial charge in [-0.2, -0.15) is 0 Å². The standard InChI is InChI=1S/C15H28NO5PS/c1-11(2)18-10-15-14(9-13(5)19-15)21-22(17,20-12(3)4)23-8-7-16-6/h11-15H,7-10H2,1-5H3/t13-,14?,15+,22?/m0/s1. The Morgan fingerprint density at radius 1 is 1.35 bits per heavy atom. The number of hydrogen-bond donors (Lipinski definition) is 0. The van der Waals surface area contributed by atoms with Gasteiger partial charge >= 0.3 is 6.80 Å². The fraction of sp³-hybridized carbons (Fsp3) is 0.933. The van der Waals surface area contributed by atoms with Crippen LogP contribution in [-0.4, -0.2) is 49.4 Å².